The van der Waals surface area contributed by atoms with Gasteiger partial charge in [0.2, 0.25) is 5.91 Å². The van der Waals surface area contributed by atoms with Crippen LogP contribution in [0.15, 0.2) is 18.2 Å². The molecule has 1 unspecified atom stereocenters. The van der Waals surface area contributed by atoms with Crippen LogP contribution in [-0.2, 0) is 4.79 Å². The van der Waals surface area contributed by atoms with E-state index < -0.39 is 16.9 Å². The van der Waals surface area contributed by atoms with Gasteiger partial charge in [0.05, 0.1) is 4.92 Å². The normalized spacial score (nSPS) is 11.5. The van der Waals surface area contributed by atoms with Crippen LogP contribution in [0.2, 0.25) is 0 Å². The minimum Gasteiger partial charge on any atom is -0.393 e. The Kier molecular flexibility index (Phi) is 4.41. The van der Waals surface area contributed by atoms with E-state index in [4.69, 9.17) is 5.73 Å². The van der Waals surface area contributed by atoms with Crippen LogP contribution in [0, 0.1) is 10.1 Å². The largest absolute Gasteiger partial charge is 0.393 e. The number of nitro groups is 1. The number of likely N-dealkylation sites (N-methyl/N-ethyl adjacent to an activating group) is 1. The van der Waals surface area contributed by atoms with Crippen LogP contribution in [0.5, 0.6) is 0 Å². The molecule has 1 aromatic rings. The van der Waals surface area contributed by atoms with Crippen LogP contribution in [0.1, 0.15) is 17.3 Å². The maximum absolute atomic E-state index is 11.8. The number of anilines is 1. The van der Waals surface area contributed by atoms with Crippen molar-refractivity contribution in [3.63, 3.8) is 0 Å². The molecule has 0 spiro atoms. The topological polar surface area (TPSA) is 127 Å². The van der Waals surface area contributed by atoms with Gasteiger partial charge < -0.3 is 16.4 Å². The molecule has 0 bridgehead atoms. The minimum atomic E-state index is -0.742. The van der Waals surface area contributed by atoms with Gasteiger partial charge in [-0.1, -0.05) is 0 Å². The summed E-state index contributed by atoms with van der Waals surface area (Å²) >= 11 is 0. The van der Waals surface area contributed by atoms with E-state index in [1.165, 1.54) is 26.1 Å². The maximum Gasteiger partial charge on any atom is 0.292 e. The van der Waals surface area contributed by atoms with Crippen molar-refractivity contribution in [2.24, 2.45) is 0 Å². The van der Waals surface area contributed by atoms with Crippen molar-refractivity contribution in [3.05, 3.63) is 33.9 Å². The number of nitrogens with two attached hydrogens (primary N) is 1. The molecule has 0 aliphatic carbocycles. The number of carbonyl (C=O) groups excluding carboxylic acids is 2. The number of hydrogen-bond donors (Lipinski definition) is 3. The molecule has 1 aromatic carbocycles. The molecule has 0 radical (unpaired) electrons. The number of nitrogens with one attached hydrogen (secondary N) is 2. The first-order valence-corrected chi connectivity index (χ1v) is 5.43. The second-order valence-electron chi connectivity index (χ2n) is 3.84. The molecule has 0 aliphatic heterocycles. The summed E-state index contributed by atoms with van der Waals surface area (Å²) < 4.78 is 0. The van der Waals surface area contributed by atoms with Gasteiger partial charge in [-0.3, -0.25) is 19.7 Å². The first kappa shape index (κ1) is 14.4. The quantitative estimate of drug-likeness (QED) is 0.403. The molecule has 19 heavy (non-hydrogen) atoms. The maximum atomic E-state index is 11.8. The highest BCUT2D eigenvalue weighted by Crippen LogP contribution is 2.22. The predicted molar refractivity (Wildman–Crippen MR) is 68.5 cm³/mol. The summed E-state index contributed by atoms with van der Waals surface area (Å²) in [5, 5.41) is 15.5. The Balaban J connectivity index is 2.92. The van der Waals surface area contributed by atoms with Crippen molar-refractivity contribution in [2.45, 2.75) is 13.0 Å². The van der Waals surface area contributed by atoms with E-state index in [0.29, 0.717) is 0 Å². The number of hydrogen-bond acceptors (Lipinski definition) is 5. The van der Waals surface area contributed by atoms with Crippen molar-refractivity contribution >= 4 is 23.2 Å². The lowest BCUT2D eigenvalue weighted by Crippen LogP contribution is -2.43. The molecule has 1 atom stereocenters. The van der Waals surface area contributed by atoms with Crippen molar-refractivity contribution in [1.29, 1.82) is 0 Å². The molecule has 0 saturated carbocycles. The molecule has 8 nitrogen and oxygen atoms in total. The zero-order chi connectivity index (χ0) is 14.6. The van der Waals surface area contributed by atoms with Crippen molar-refractivity contribution in [3.8, 4) is 0 Å². The van der Waals surface area contributed by atoms with E-state index in [9.17, 15) is 19.7 Å². The first-order valence-electron chi connectivity index (χ1n) is 5.43. The molecular formula is C11H14N4O4. The molecule has 1 rings (SSSR count). The Morgan fingerprint density at radius 1 is 1.42 bits per heavy atom. The third kappa shape index (κ3) is 3.41. The zero-order valence-electron chi connectivity index (χ0n) is 10.5. The van der Waals surface area contributed by atoms with E-state index in [1.807, 2.05) is 0 Å². The van der Waals surface area contributed by atoms with Gasteiger partial charge in [0.15, 0.2) is 0 Å². The van der Waals surface area contributed by atoms with Gasteiger partial charge in [-0.25, -0.2) is 0 Å². The molecule has 0 aliphatic rings. The standard InChI is InChI=1S/C11H14N4O4/c1-6(10(16)13-2)14-11(17)7-3-4-8(12)9(5-7)15(18)19/h3-6H,12H2,1-2H3,(H,13,16)(H,14,17). The number of amides is 2. The Labute approximate surface area is 109 Å². The second kappa shape index (κ2) is 5.80. The number of nitro benzene ring substituents is 1. The van der Waals surface area contributed by atoms with Crippen LogP contribution in [0.3, 0.4) is 0 Å². The molecule has 0 fully saturated rings. The summed E-state index contributed by atoms with van der Waals surface area (Å²) in [6.07, 6.45) is 0. The lowest BCUT2D eigenvalue weighted by Gasteiger charge is -2.12. The summed E-state index contributed by atoms with van der Waals surface area (Å²) in [4.78, 5) is 33.1. The van der Waals surface area contributed by atoms with Crippen LogP contribution < -0.4 is 16.4 Å². The predicted octanol–water partition coefficient (Wildman–Crippen LogP) is 0.0413. The molecule has 2 amide bonds. The SMILES string of the molecule is CNC(=O)C(C)NC(=O)c1ccc(N)c([N+](=O)[O-])c1. The Morgan fingerprint density at radius 2 is 2.05 bits per heavy atom. The van der Waals surface area contributed by atoms with Gasteiger partial charge in [0.1, 0.15) is 11.7 Å². The molecule has 0 aromatic heterocycles. The summed E-state index contributed by atoms with van der Waals surface area (Å²) in [5.41, 5.74) is 5.12. The monoisotopic (exact) mass is 266 g/mol. The van der Waals surface area contributed by atoms with Gasteiger partial charge in [0.25, 0.3) is 11.6 Å². The van der Waals surface area contributed by atoms with Crippen molar-refractivity contribution < 1.29 is 14.5 Å². The van der Waals surface area contributed by atoms with Crippen LogP contribution in [0.4, 0.5) is 11.4 Å². The highest BCUT2D eigenvalue weighted by atomic mass is 16.6. The smallest absolute Gasteiger partial charge is 0.292 e. The molecule has 102 valence electrons. The van der Waals surface area contributed by atoms with Crippen LogP contribution >= 0.6 is 0 Å². The van der Waals surface area contributed by atoms with Gasteiger partial charge in [-0.15, -0.1) is 0 Å². The van der Waals surface area contributed by atoms with E-state index in [2.05, 4.69) is 10.6 Å². The minimum absolute atomic E-state index is 0.0269. The van der Waals surface area contributed by atoms with Crippen molar-refractivity contribution in [1.82, 2.24) is 10.6 Å². The van der Waals surface area contributed by atoms with Gasteiger partial charge in [0, 0.05) is 18.7 Å². The Bertz CT molecular complexity index is 529. The number of carbonyl (C=O) groups is 2. The summed E-state index contributed by atoms with van der Waals surface area (Å²) in [6.45, 7) is 1.50. The van der Waals surface area contributed by atoms with Gasteiger partial charge in [-0.05, 0) is 19.1 Å². The first-order chi connectivity index (χ1) is 8.86. The lowest BCUT2D eigenvalue weighted by atomic mass is 10.1. The fraction of sp³-hybridized carbons (Fsp3) is 0.273. The number of nitrogen functional groups attached to an aromatic ring is 1. The Morgan fingerprint density at radius 3 is 2.58 bits per heavy atom. The van der Waals surface area contributed by atoms with E-state index in [-0.39, 0.29) is 22.8 Å². The highest BCUT2D eigenvalue weighted by Gasteiger charge is 2.18. The number of nitrogens with zero attached hydrogens (tertiary/aromatic N) is 1. The van der Waals surface area contributed by atoms with Gasteiger partial charge >= 0.3 is 0 Å². The van der Waals surface area contributed by atoms with Gasteiger partial charge in [-0.2, -0.15) is 0 Å². The van der Waals surface area contributed by atoms with Crippen LogP contribution in [-0.4, -0.2) is 29.8 Å². The lowest BCUT2D eigenvalue weighted by molar-refractivity contribution is -0.383. The fourth-order valence-corrected chi connectivity index (χ4v) is 1.41. The van der Waals surface area contributed by atoms with E-state index in [0.717, 1.165) is 6.07 Å². The Hall–Kier alpha value is -2.64. The zero-order valence-corrected chi connectivity index (χ0v) is 10.5. The molecule has 4 N–H and O–H groups in total. The summed E-state index contributed by atoms with van der Waals surface area (Å²) in [7, 11) is 1.44. The molecule has 0 heterocycles. The van der Waals surface area contributed by atoms with E-state index in [1.54, 1.807) is 0 Å². The number of rotatable bonds is 4. The highest BCUT2D eigenvalue weighted by molar-refractivity contribution is 5.98. The summed E-state index contributed by atoms with van der Waals surface area (Å²) in [6, 6.07) is 2.96. The second-order valence-corrected chi connectivity index (χ2v) is 3.84. The molecule has 0 saturated heterocycles. The molecule has 8 heteroatoms. The number of benzene rings is 1. The van der Waals surface area contributed by atoms with Crippen LogP contribution in [0.25, 0.3) is 0 Å². The average Bonchev–Trinajstić information content (AvgIpc) is 2.37. The third-order valence-electron chi connectivity index (χ3n) is 2.48. The fourth-order valence-electron chi connectivity index (χ4n) is 1.41. The summed E-state index contributed by atoms with van der Waals surface area (Å²) in [5.74, 6) is -0.947. The molecular weight excluding hydrogens is 252 g/mol. The van der Waals surface area contributed by atoms with Crippen molar-refractivity contribution in [2.75, 3.05) is 12.8 Å². The average molecular weight is 266 g/mol. The third-order valence-corrected chi connectivity index (χ3v) is 2.48. The van der Waals surface area contributed by atoms with E-state index >= 15 is 0 Å².